The maximum atomic E-state index is 11.0. The highest BCUT2D eigenvalue weighted by molar-refractivity contribution is 5.69. The number of hydrogen-bond acceptors (Lipinski definition) is 4. The average molecular weight is 235 g/mol. The fourth-order valence-corrected chi connectivity index (χ4v) is 1.50. The maximum Gasteiger partial charge on any atom is 0.307 e. The van der Waals surface area contributed by atoms with Crippen LogP contribution in [0.25, 0.3) is 0 Å². The van der Waals surface area contributed by atoms with Gasteiger partial charge in [-0.3, -0.25) is 4.79 Å². The Bertz CT molecular complexity index is 418. The van der Waals surface area contributed by atoms with E-state index in [-0.39, 0.29) is 5.97 Å². The predicted octanol–water partition coefficient (Wildman–Crippen LogP) is 0.940. The molecule has 1 rings (SSSR count). The Balaban J connectivity index is 2.27. The first-order chi connectivity index (χ1) is 8.17. The highest BCUT2D eigenvalue weighted by atomic mass is 16.5. The van der Waals surface area contributed by atoms with Gasteiger partial charge >= 0.3 is 5.97 Å². The number of rotatable bonds is 6. The molecule has 0 aliphatic heterocycles. The van der Waals surface area contributed by atoms with Gasteiger partial charge in [0.2, 0.25) is 0 Å². The summed E-state index contributed by atoms with van der Waals surface area (Å²) in [6.07, 6.45) is 2.27. The second-order valence-electron chi connectivity index (χ2n) is 3.69. The van der Waals surface area contributed by atoms with Gasteiger partial charge in [-0.15, -0.1) is 0 Å². The summed E-state index contributed by atoms with van der Waals surface area (Å²) in [5.41, 5.74) is 1.67. The van der Waals surface area contributed by atoms with Crippen molar-refractivity contribution < 1.29 is 9.53 Å². The van der Waals surface area contributed by atoms with Gasteiger partial charge in [0.25, 0.3) is 0 Å². The van der Waals surface area contributed by atoms with E-state index in [0.29, 0.717) is 31.8 Å². The molecule has 17 heavy (non-hydrogen) atoms. The molecule has 0 saturated heterocycles. The van der Waals surface area contributed by atoms with E-state index in [1.54, 1.807) is 11.5 Å². The molecule has 0 spiro atoms. The van der Waals surface area contributed by atoms with E-state index in [2.05, 4.69) is 11.4 Å². The summed E-state index contributed by atoms with van der Waals surface area (Å²) in [6.45, 7) is 3.44. The molecule has 0 aliphatic carbocycles. The number of aryl methyl sites for hydroxylation is 1. The fourth-order valence-electron chi connectivity index (χ4n) is 1.50. The van der Waals surface area contributed by atoms with E-state index in [0.717, 1.165) is 5.56 Å². The molecule has 0 fully saturated rings. The number of hydrogen-bond donors (Lipinski definition) is 1. The number of nitrogens with one attached hydrogen (secondary N) is 1. The summed E-state index contributed by atoms with van der Waals surface area (Å²) in [6, 6.07) is 3.93. The zero-order valence-corrected chi connectivity index (χ0v) is 10.2. The van der Waals surface area contributed by atoms with Crippen molar-refractivity contribution in [1.29, 1.82) is 5.26 Å². The summed E-state index contributed by atoms with van der Waals surface area (Å²) in [5.74, 6) is -0.189. The number of carbonyl (C=O) groups is 1. The van der Waals surface area contributed by atoms with Gasteiger partial charge in [-0.25, -0.2) is 0 Å². The Morgan fingerprint density at radius 1 is 1.65 bits per heavy atom. The number of ether oxygens (including phenoxy) is 1. The summed E-state index contributed by atoms with van der Waals surface area (Å²) in [5, 5.41) is 11.9. The Morgan fingerprint density at radius 2 is 2.41 bits per heavy atom. The molecule has 0 saturated carbocycles. The third kappa shape index (κ3) is 4.29. The van der Waals surface area contributed by atoms with Crippen molar-refractivity contribution in [3.05, 3.63) is 23.5 Å². The molecule has 0 radical (unpaired) electrons. The number of nitrogens with zero attached hydrogens (tertiary/aromatic N) is 2. The minimum atomic E-state index is -0.189. The van der Waals surface area contributed by atoms with E-state index in [9.17, 15) is 4.79 Å². The molecule has 0 unspecified atom stereocenters. The van der Waals surface area contributed by atoms with Gasteiger partial charge in [0.15, 0.2) is 0 Å². The summed E-state index contributed by atoms with van der Waals surface area (Å²) in [4.78, 5) is 11.0. The SMILES string of the molecule is CCOC(=O)CCNCc1cc(C#N)n(C)c1. The molecule has 0 aliphatic rings. The normalized spacial score (nSPS) is 9.94. The second kappa shape index (κ2) is 6.71. The van der Waals surface area contributed by atoms with E-state index >= 15 is 0 Å². The van der Waals surface area contributed by atoms with Gasteiger partial charge in [-0.1, -0.05) is 0 Å². The second-order valence-corrected chi connectivity index (χ2v) is 3.69. The number of esters is 1. The predicted molar refractivity (Wildman–Crippen MR) is 63.1 cm³/mol. The molecule has 5 heteroatoms. The van der Waals surface area contributed by atoms with Crippen LogP contribution in [-0.2, 0) is 23.1 Å². The molecule has 5 nitrogen and oxygen atoms in total. The lowest BCUT2D eigenvalue weighted by atomic mass is 10.3. The molecular weight excluding hydrogens is 218 g/mol. The highest BCUT2D eigenvalue weighted by Crippen LogP contribution is 2.05. The van der Waals surface area contributed by atoms with Crippen LogP contribution in [0.4, 0.5) is 0 Å². The topological polar surface area (TPSA) is 67.0 Å². The Kier molecular flexibility index (Phi) is 5.24. The number of nitriles is 1. The van der Waals surface area contributed by atoms with Crippen LogP contribution in [0.1, 0.15) is 24.6 Å². The van der Waals surface area contributed by atoms with Crippen molar-refractivity contribution in [1.82, 2.24) is 9.88 Å². The van der Waals surface area contributed by atoms with Gasteiger partial charge in [-0.2, -0.15) is 5.26 Å². The first-order valence-corrected chi connectivity index (χ1v) is 5.59. The fraction of sp³-hybridized carbons (Fsp3) is 0.500. The number of carbonyl (C=O) groups excluding carboxylic acids is 1. The molecule has 1 heterocycles. The molecule has 1 aromatic rings. The van der Waals surface area contributed by atoms with Crippen LogP contribution in [0.15, 0.2) is 12.3 Å². The minimum absolute atomic E-state index is 0.189. The van der Waals surface area contributed by atoms with Crippen LogP contribution in [-0.4, -0.2) is 23.7 Å². The molecule has 0 bridgehead atoms. The van der Waals surface area contributed by atoms with Gasteiger partial charge in [0.1, 0.15) is 11.8 Å². The molecule has 0 aromatic carbocycles. The van der Waals surface area contributed by atoms with Crippen molar-refractivity contribution >= 4 is 5.97 Å². The van der Waals surface area contributed by atoms with Crippen LogP contribution in [0, 0.1) is 11.3 Å². The van der Waals surface area contributed by atoms with Crippen LogP contribution in [0.5, 0.6) is 0 Å². The van der Waals surface area contributed by atoms with Gasteiger partial charge in [-0.05, 0) is 18.6 Å². The first kappa shape index (κ1) is 13.3. The highest BCUT2D eigenvalue weighted by Gasteiger charge is 2.03. The lowest BCUT2D eigenvalue weighted by Crippen LogP contribution is -2.18. The maximum absolute atomic E-state index is 11.0. The summed E-state index contributed by atoms with van der Waals surface area (Å²) >= 11 is 0. The van der Waals surface area contributed by atoms with Crippen LogP contribution >= 0.6 is 0 Å². The minimum Gasteiger partial charge on any atom is -0.466 e. The Labute approximate surface area is 101 Å². The van der Waals surface area contributed by atoms with Crippen LogP contribution < -0.4 is 5.32 Å². The Morgan fingerprint density at radius 3 is 3.00 bits per heavy atom. The lowest BCUT2D eigenvalue weighted by molar-refractivity contribution is -0.142. The van der Waals surface area contributed by atoms with E-state index in [4.69, 9.17) is 10.00 Å². The Hall–Kier alpha value is -1.80. The van der Waals surface area contributed by atoms with Crippen molar-refractivity contribution in [2.75, 3.05) is 13.2 Å². The van der Waals surface area contributed by atoms with E-state index in [1.807, 2.05) is 19.3 Å². The van der Waals surface area contributed by atoms with Gasteiger partial charge in [0.05, 0.1) is 13.0 Å². The molecule has 1 aromatic heterocycles. The molecule has 1 N–H and O–H groups in total. The lowest BCUT2D eigenvalue weighted by Gasteiger charge is -2.03. The summed E-state index contributed by atoms with van der Waals surface area (Å²) in [7, 11) is 1.83. The van der Waals surface area contributed by atoms with E-state index in [1.165, 1.54) is 0 Å². The largest absolute Gasteiger partial charge is 0.466 e. The summed E-state index contributed by atoms with van der Waals surface area (Å²) < 4.78 is 6.59. The molecule has 0 amide bonds. The van der Waals surface area contributed by atoms with Crippen LogP contribution in [0.3, 0.4) is 0 Å². The van der Waals surface area contributed by atoms with E-state index < -0.39 is 0 Å². The zero-order valence-electron chi connectivity index (χ0n) is 10.2. The molecule has 92 valence electrons. The standard InChI is InChI=1S/C12H17N3O2/c1-3-17-12(16)4-5-14-8-10-6-11(7-13)15(2)9-10/h6,9,14H,3-5,8H2,1-2H3. The van der Waals surface area contributed by atoms with Crippen molar-refractivity contribution in [2.45, 2.75) is 19.9 Å². The first-order valence-electron chi connectivity index (χ1n) is 5.59. The van der Waals surface area contributed by atoms with Crippen molar-refractivity contribution in [3.8, 4) is 6.07 Å². The smallest absolute Gasteiger partial charge is 0.307 e. The molecular formula is C12H17N3O2. The van der Waals surface area contributed by atoms with Gasteiger partial charge in [0, 0.05) is 26.3 Å². The third-order valence-corrected chi connectivity index (χ3v) is 2.32. The zero-order chi connectivity index (χ0) is 12.7. The van der Waals surface area contributed by atoms with Crippen LogP contribution in [0.2, 0.25) is 0 Å². The number of aromatic nitrogens is 1. The molecule has 0 atom stereocenters. The monoisotopic (exact) mass is 235 g/mol. The van der Waals surface area contributed by atoms with Crippen molar-refractivity contribution in [2.24, 2.45) is 7.05 Å². The quantitative estimate of drug-likeness (QED) is 0.588. The van der Waals surface area contributed by atoms with Crippen molar-refractivity contribution in [3.63, 3.8) is 0 Å². The average Bonchev–Trinajstić information content (AvgIpc) is 2.66. The third-order valence-electron chi connectivity index (χ3n) is 2.32. The van der Waals surface area contributed by atoms with Gasteiger partial charge < -0.3 is 14.6 Å².